The highest BCUT2D eigenvalue weighted by Gasteiger charge is 2.26. The average molecular weight is 489 g/mol. The lowest BCUT2D eigenvalue weighted by Crippen LogP contribution is -2.40. The number of piperidine rings is 1. The van der Waals surface area contributed by atoms with Crippen LogP contribution in [0.5, 0.6) is 11.5 Å². The van der Waals surface area contributed by atoms with Crippen LogP contribution in [0, 0.1) is 0 Å². The monoisotopic (exact) mass is 488 g/mol. The second kappa shape index (κ2) is 10.1. The second-order valence-corrected chi connectivity index (χ2v) is 9.04. The van der Waals surface area contributed by atoms with E-state index in [1.807, 2.05) is 4.90 Å². The maximum Gasteiger partial charge on any atom is 0.332 e. The van der Waals surface area contributed by atoms with Crippen LogP contribution in [0.25, 0.3) is 11.2 Å². The Morgan fingerprint density at radius 2 is 1.86 bits per heavy atom. The summed E-state index contributed by atoms with van der Waals surface area (Å²) < 4.78 is 4.23. The van der Waals surface area contributed by atoms with Crippen molar-refractivity contribution in [3.8, 4) is 11.5 Å². The number of hydrogen-bond acceptors (Lipinski definition) is 9. The van der Waals surface area contributed by atoms with Crippen LogP contribution in [-0.2, 0) is 20.6 Å². The molecule has 2 unspecified atom stereocenters. The predicted octanol–water partition coefficient (Wildman–Crippen LogP) is -0.481. The zero-order valence-electron chi connectivity index (χ0n) is 19.9. The number of phenols is 2. The lowest BCUT2D eigenvalue weighted by molar-refractivity contribution is 0.153. The first kappa shape index (κ1) is 24.8. The van der Waals surface area contributed by atoms with Gasteiger partial charge < -0.3 is 35.2 Å². The molecular weight excluding hydrogens is 456 g/mol. The standard InChI is InChI=1S/C23H32N6O6/c1-26-20-19(21(34)27(2)23(26)35)29(22(25-20)28-7-3-5-15(30)13-28)8-4-6-24-12-18(33)14-9-16(31)11-17(32)10-14/h9-11,15,18,24,30-33H,3-8,12-13H2,1-2H3. The van der Waals surface area contributed by atoms with E-state index in [0.717, 1.165) is 11.0 Å². The van der Waals surface area contributed by atoms with Crippen LogP contribution in [0.2, 0.25) is 0 Å². The number of aryl methyl sites for hydroxylation is 2. The van der Waals surface area contributed by atoms with E-state index in [0.29, 0.717) is 61.7 Å². The minimum absolute atomic E-state index is 0.127. The Hall–Kier alpha value is -3.35. The molecule has 1 fully saturated rings. The van der Waals surface area contributed by atoms with E-state index in [1.54, 1.807) is 11.6 Å². The number of β-amino-alcohol motifs (C(OH)–C–C–N with tert-alkyl or cyclic N) is 1. The number of nitrogens with zero attached hydrogens (tertiary/aromatic N) is 5. The number of nitrogens with one attached hydrogen (secondary N) is 1. The Labute approximate surface area is 201 Å². The van der Waals surface area contributed by atoms with Gasteiger partial charge >= 0.3 is 5.69 Å². The van der Waals surface area contributed by atoms with Crippen molar-refractivity contribution in [1.82, 2.24) is 24.0 Å². The lowest BCUT2D eigenvalue weighted by Gasteiger charge is -2.31. The number of aromatic nitrogens is 4. The summed E-state index contributed by atoms with van der Waals surface area (Å²) in [6.07, 6.45) is 0.697. The van der Waals surface area contributed by atoms with Crippen LogP contribution in [0.3, 0.4) is 0 Å². The smallest absolute Gasteiger partial charge is 0.332 e. The zero-order valence-corrected chi connectivity index (χ0v) is 19.9. The number of rotatable bonds is 8. The van der Waals surface area contributed by atoms with Gasteiger partial charge in [0, 0.05) is 46.3 Å². The molecule has 5 N–H and O–H groups in total. The zero-order chi connectivity index (χ0) is 25.3. The number of benzene rings is 1. The third-order valence-corrected chi connectivity index (χ3v) is 6.39. The van der Waals surface area contributed by atoms with Gasteiger partial charge in [0.25, 0.3) is 5.56 Å². The number of fused-ring (bicyclic) bond motifs is 1. The highest BCUT2D eigenvalue weighted by molar-refractivity contribution is 5.74. The normalized spacial score (nSPS) is 17.3. The van der Waals surface area contributed by atoms with E-state index in [1.165, 1.54) is 29.8 Å². The molecule has 190 valence electrons. The van der Waals surface area contributed by atoms with Crippen molar-refractivity contribution in [3.63, 3.8) is 0 Å². The van der Waals surface area contributed by atoms with E-state index in [2.05, 4.69) is 10.3 Å². The van der Waals surface area contributed by atoms with Crippen LogP contribution in [0.4, 0.5) is 5.95 Å². The third kappa shape index (κ3) is 5.04. The number of imidazole rings is 1. The first-order valence-corrected chi connectivity index (χ1v) is 11.7. The van der Waals surface area contributed by atoms with Crippen molar-refractivity contribution in [2.75, 3.05) is 31.1 Å². The van der Waals surface area contributed by atoms with Gasteiger partial charge in [-0.3, -0.25) is 13.9 Å². The molecule has 3 aromatic rings. The van der Waals surface area contributed by atoms with E-state index < -0.39 is 23.5 Å². The number of hydrogen-bond donors (Lipinski definition) is 5. The highest BCUT2D eigenvalue weighted by atomic mass is 16.3. The molecule has 0 aliphatic carbocycles. The molecule has 0 saturated carbocycles. The molecule has 1 saturated heterocycles. The molecule has 0 bridgehead atoms. The fourth-order valence-electron chi connectivity index (χ4n) is 4.55. The molecule has 1 aromatic carbocycles. The highest BCUT2D eigenvalue weighted by Crippen LogP contribution is 2.25. The minimum atomic E-state index is -0.922. The Bertz CT molecular complexity index is 1310. The summed E-state index contributed by atoms with van der Waals surface area (Å²) in [5.74, 6) is 0.294. The molecule has 0 amide bonds. The van der Waals surface area contributed by atoms with E-state index in [4.69, 9.17) is 0 Å². The summed E-state index contributed by atoms with van der Waals surface area (Å²) in [6.45, 7) is 2.24. The number of phenolic OH excluding ortho intramolecular Hbond substituents is 2. The first-order valence-electron chi connectivity index (χ1n) is 11.7. The molecule has 35 heavy (non-hydrogen) atoms. The van der Waals surface area contributed by atoms with Gasteiger partial charge in [0.05, 0.1) is 12.2 Å². The Morgan fingerprint density at radius 3 is 2.54 bits per heavy atom. The number of aromatic hydroxyl groups is 2. The van der Waals surface area contributed by atoms with Crippen molar-refractivity contribution in [2.24, 2.45) is 14.1 Å². The fourth-order valence-corrected chi connectivity index (χ4v) is 4.55. The largest absolute Gasteiger partial charge is 0.508 e. The molecule has 0 spiro atoms. The molecular formula is C23H32N6O6. The van der Waals surface area contributed by atoms with Crippen molar-refractivity contribution < 1.29 is 20.4 Å². The van der Waals surface area contributed by atoms with Gasteiger partial charge in [-0.05, 0) is 43.5 Å². The quantitative estimate of drug-likeness (QED) is 0.264. The average Bonchev–Trinajstić information content (AvgIpc) is 3.20. The summed E-state index contributed by atoms with van der Waals surface area (Å²) in [5, 5.41) is 42.9. The van der Waals surface area contributed by atoms with Gasteiger partial charge in [0.15, 0.2) is 11.2 Å². The van der Waals surface area contributed by atoms with E-state index >= 15 is 0 Å². The Kier molecular flexibility index (Phi) is 7.15. The van der Waals surface area contributed by atoms with Gasteiger partial charge in [0.2, 0.25) is 5.95 Å². The van der Waals surface area contributed by atoms with Crippen LogP contribution in [0.1, 0.15) is 30.9 Å². The van der Waals surface area contributed by atoms with Crippen LogP contribution in [-0.4, -0.2) is 71.4 Å². The molecule has 2 atom stereocenters. The molecule has 12 heteroatoms. The molecule has 2 aromatic heterocycles. The second-order valence-electron chi connectivity index (χ2n) is 9.04. The van der Waals surface area contributed by atoms with Crippen molar-refractivity contribution in [1.29, 1.82) is 0 Å². The summed E-state index contributed by atoms with van der Waals surface area (Å²) in [4.78, 5) is 32.0. The summed E-state index contributed by atoms with van der Waals surface area (Å²) in [5.41, 5.74) is 0.156. The summed E-state index contributed by atoms with van der Waals surface area (Å²) in [6, 6.07) is 3.98. The van der Waals surface area contributed by atoms with E-state index in [-0.39, 0.29) is 18.0 Å². The minimum Gasteiger partial charge on any atom is -0.508 e. The topological polar surface area (TPSA) is 158 Å². The number of aliphatic hydroxyl groups is 2. The molecule has 0 radical (unpaired) electrons. The maximum atomic E-state index is 13.0. The van der Waals surface area contributed by atoms with Crippen LogP contribution < -0.4 is 21.5 Å². The van der Waals surface area contributed by atoms with Crippen LogP contribution >= 0.6 is 0 Å². The van der Waals surface area contributed by atoms with Gasteiger partial charge in [-0.15, -0.1) is 0 Å². The number of aliphatic hydroxyl groups excluding tert-OH is 2. The van der Waals surface area contributed by atoms with Gasteiger partial charge in [-0.2, -0.15) is 4.98 Å². The van der Waals surface area contributed by atoms with Crippen molar-refractivity contribution in [2.45, 2.75) is 38.0 Å². The first-order chi connectivity index (χ1) is 16.7. The van der Waals surface area contributed by atoms with Gasteiger partial charge in [-0.25, -0.2) is 4.79 Å². The lowest BCUT2D eigenvalue weighted by atomic mass is 10.1. The Morgan fingerprint density at radius 1 is 1.14 bits per heavy atom. The summed E-state index contributed by atoms with van der Waals surface area (Å²) in [7, 11) is 3.02. The number of anilines is 1. The SMILES string of the molecule is Cn1c(=O)c2c(nc(N3CCCC(O)C3)n2CCCNCC(O)c2cc(O)cc(O)c2)n(C)c1=O. The van der Waals surface area contributed by atoms with Crippen molar-refractivity contribution >= 4 is 17.1 Å². The van der Waals surface area contributed by atoms with Gasteiger partial charge in [-0.1, -0.05) is 0 Å². The predicted molar refractivity (Wildman–Crippen MR) is 130 cm³/mol. The Balaban J connectivity index is 1.52. The molecule has 4 rings (SSSR count). The van der Waals surface area contributed by atoms with E-state index in [9.17, 15) is 30.0 Å². The van der Waals surface area contributed by atoms with Crippen LogP contribution in [0.15, 0.2) is 27.8 Å². The third-order valence-electron chi connectivity index (χ3n) is 6.39. The van der Waals surface area contributed by atoms with Crippen molar-refractivity contribution in [3.05, 3.63) is 44.6 Å². The molecule has 1 aliphatic heterocycles. The molecule has 12 nitrogen and oxygen atoms in total. The van der Waals surface area contributed by atoms with Gasteiger partial charge in [0.1, 0.15) is 11.5 Å². The fraction of sp³-hybridized carbons (Fsp3) is 0.522. The molecule has 1 aliphatic rings. The molecule has 3 heterocycles. The maximum absolute atomic E-state index is 13.0. The summed E-state index contributed by atoms with van der Waals surface area (Å²) >= 11 is 0.